The quantitative estimate of drug-likeness (QED) is 0.815. The summed E-state index contributed by atoms with van der Waals surface area (Å²) in [5.74, 6) is 0. The lowest BCUT2D eigenvalue weighted by molar-refractivity contribution is -0.0957. The Labute approximate surface area is 116 Å². The summed E-state index contributed by atoms with van der Waals surface area (Å²) < 4.78 is 5.95. The summed E-state index contributed by atoms with van der Waals surface area (Å²) in [6, 6.07) is 11.1. The second-order valence-corrected chi connectivity index (χ2v) is 6.06. The molecule has 1 aliphatic heterocycles. The van der Waals surface area contributed by atoms with E-state index in [4.69, 9.17) is 4.74 Å². The first-order valence-corrected chi connectivity index (χ1v) is 7.12. The van der Waals surface area contributed by atoms with Crippen LogP contribution in [0, 0.1) is 18.3 Å². The van der Waals surface area contributed by atoms with Gasteiger partial charge < -0.3 is 4.74 Å². The molecule has 2 rings (SSSR count). The molecule has 2 nitrogen and oxygen atoms in total. The summed E-state index contributed by atoms with van der Waals surface area (Å²) in [6.07, 6.45) is 3.45. The largest absolute Gasteiger partial charge is 0.375 e. The number of rotatable bonds is 3. The highest BCUT2D eigenvalue weighted by atomic mass is 16.5. The summed E-state index contributed by atoms with van der Waals surface area (Å²) in [6.45, 7) is 7.19. The van der Waals surface area contributed by atoms with Gasteiger partial charge in [0.15, 0.2) is 0 Å². The van der Waals surface area contributed by atoms with Crippen LogP contribution in [0.3, 0.4) is 0 Å². The monoisotopic (exact) mass is 257 g/mol. The van der Waals surface area contributed by atoms with E-state index in [1.807, 2.05) is 0 Å². The van der Waals surface area contributed by atoms with E-state index in [0.717, 1.165) is 25.9 Å². The second-order valence-electron chi connectivity index (χ2n) is 6.06. The Hall–Kier alpha value is -1.33. The van der Waals surface area contributed by atoms with Gasteiger partial charge in [0.1, 0.15) is 0 Å². The molecule has 1 heterocycles. The molecule has 0 unspecified atom stereocenters. The molecule has 0 aliphatic carbocycles. The fourth-order valence-electron chi connectivity index (χ4n) is 3.13. The predicted molar refractivity (Wildman–Crippen MR) is 77.0 cm³/mol. The third kappa shape index (κ3) is 2.82. The van der Waals surface area contributed by atoms with E-state index in [-0.39, 0.29) is 11.0 Å². The maximum Gasteiger partial charge on any atom is 0.0660 e. The first kappa shape index (κ1) is 14.1. The molecule has 1 saturated heterocycles. The smallest absolute Gasteiger partial charge is 0.0660 e. The van der Waals surface area contributed by atoms with Crippen LogP contribution in [0.15, 0.2) is 24.3 Å². The number of nitrogens with zero attached hydrogens (tertiary/aromatic N) is 1. The fourth-order valence-corrected chi connectivity index (χ4v) is 3.13. The molecule has 0 bridgehead atoms. The molecule has 0 radical (unpaired) electrons. The van der Waals surface area contributed by atoms with Crippen LogP contribution in [0.1, 0.15) is 50.7 Å². The SMILES string of the molecule is CC[C@@]1(C)C[C@@](CC#N)(c2ccc(C)cc2)CCO1. The van der Waals surface area contributed by atoms with Gasteiger partial charge in [-0.05, 0) is 38.7 Å². The second kappa shape index (κ2) is 5.35. The van der Waals surface area contributed by atoms with Crippen LogP contribution in [0.5, 0.6) is 0 Å². The standard InChI is InChI=1S/C17H23NO/c1-4-16(3)13-17(9-11-18,10-12-19-16)15-7-5-14(2)6-8-15/h5-8H,4,9-10,12-13H2,1-3H3/t16-,17-/m0/s1. The van der Waals surface area contributed by atoms with Gasteiger partial charge in [0, 0.05) is 18.4 Å². The first-order valence-electron chi connectivity index (χ1n) is 7.12. The van der Waals surface area contributed by atoms with Crippen LogP contribution in [-0.2, 0) is 10.2 Å². The lowest BCUT2D eigenvalue weighted by Gasteiger charge is -2.45. The van der Waals surface area contributed by atoms with Crippen molar-refractivity contribution < 1.29 is 4.74 Å². The average molecular weight is 257 g/mol. The van der Waals surface area contributed by atoms with E-state index in [2.05, 4.69) is 51.1 Å². The van der Waals surface area contributed by atoms with E-state index in [1.165, 1.54) is 11.1 Å². The van der Waals surface area contributed by atoms with Gasteiger partial charge >= 0.3 is 0 Å². The normalized spacial score (nSPS) is 30.8. The Bertz CT molecular complexity index is 473. The highest BCUT2D eigenvalue weighted by molar-refractivity contribution is 5.31. The number of hydrogen-bond donors (Lipinski definition) is 0. The summed E-state index contributed by atoms with van der Waals surface area (Å²) >= 11 is 0. The van der Waals surface area contributed by atoms with E-state index < -0.39 is 0 Å². The summed E-state index contributed by atoms with van der Waals surface area (Å²) in [4.78, 5) is 0. The van der Waals surface area contributed by atoms with Crippen molar-refractivity contribution in [2.75, 3.05) is 6.61 Å². The van der Waals surface area contributed by atoms with Crippen LogP contribution >= 0.6 is 0 Å². The molecule has 1 aliphatic rings. The summed E-state index contributed by atoms with van der Waals surface area (Å²) in [5.41, 5.74) is 2.43. The summed E-state index contributed by atoms with van der Waals surface area (Å²) in [7, 11) is 0. The van der Waals surface area contributed by atoms with Gasteiger partial charge in [0.2, 0.25) is 0 Å². The average Bonchev–Trinajstić information content (AvgIpc) is 2.40. The molecule has 2 heteroatoms. The molecule has 1 aromatic carbocycles. The fraction of sp³-hybridized carbons (Fsp3) is 0.588. The highest BCUT2D eigenvalue weighted by Crippen LogP contribution is 2.45. The Morgan fingerprint density at radius 1 is 1.32 bits per heavy atom. The van der Waals surface area contributed by atoms with Crippen molar-refractivity contribution in [3.8, 4) is 6.07 Å². The zero-order chi connectivity index (χ0) is 13.9. The van der Waals surface area contributed by atoms with Crippen molar-refractivity contribution in [1.29, 1.82) is 5.26 Å². The minimum absolute atomic E-state index is 0.0363. The Balaban J connectivity index is 2.37. The third-order valence-electron chi connectivity index (χ3n) is 4.57. The van der Waals surface area contributed by atoms with Gasteiger partial charge in [-0.2, -0.15) is 5.26 Å². The van der Waals surface area contributed by atoms with Gasteiger partial charge in [-0.25, -0.2) is 0 Å². The van der Waals surface area contributed by atoms with Gasteiger partial charge in [-0.3, -0.25) is 0 Å². The van der Waals surface area contributed by atoms with E-state index in [1.54, 1.807) is 0 Å². The lowest BCUT2D eigenvalue weighted by Crippen LogP contribution is -2.45. The van der Waals surface area contributed by atoms with Gasteiger partial charge in [0.25, 0.3) is 0 Å². The van der Waals surface area contributed by atoms with Crippen LogP contribution < -0.4 is 0 Å². The Morgan fingerprint density at radius 3 is 2.58 bits per heavy atom. The number of hydrogen-bond acceptors (Lipinski definition) is 2. The van der Waals surface area contributed by atoms with Crippen molar-refractivity contribution in [3.05, 3.63) is 35.4 Å². The highest BCUT2D eigenvalue weighted by Gasteiger charge is 2.43. The maximum atomic E-state index is 9.25. The number of nitriles is 1. The van der Waals surface area contributed by atoms with Crippen LogP contribution in [0.25, 0.3) is 0 Å². The number of ether oxygens (including phenoxy) is 1. The maximum absolute atomic E-state index is 9.25. The van der Waals surface area contributed by atoms with Crippen molar-refractivity contribution in [2.45, 2.75) is 57.5 Å². The minimum atomic E-state index is -0.0972. The molecular formula is C17H23NO. The number of benzene rings is 1. The van der Waals surface area contributed by atoms with Crippen molar-refractivity contribution in [3.63, 3.8) is 0 Å². The summed E-state index contributed by atoms with van der Waals surface area (Å²) in [5, 5.41) is 9.25. The zero-order valence-corrected chi connectivity index (χ0v) is 12.2. The van der Waals surface area contributed by atoms with E-state index >= 15 is 0 Å². The first-order chi connectivity index (χ1) is 9.03. The van der Waals surface area contributed by atoms with Gasteiger partial charge in [0.05, 0.1) is 11.7 Å². The molecule has 0 amide bonds. The molecule has 1 aromatic rings. The molecule has 0 N–H and O–H groups in total. The Morgan fingerprint density at radius 2 is 2.00 bits per heavy atom. The van der Waals surface area contributed by atoms with E-state index in [9.17, 15) is 5.26 Å². The van der Waals surface area contributed by atoms with Crippen molar-refractivity contribution in [2.24, 2.45) is 0 Å². The molecule has 0 aromatic heterocycles. The van der Waals surface area contributed by atoms with E-state index in [0.29, 0.717) is 6.42 Å². The molecule has 1 fully saturated rings. The molecule has 2 atom stereocenters. The topological polar surface area (TPSA) is 33.0 Å². The van der Waals surface area contributed by atoms with Gasteiger partial charge in [-0.15, -0.1) is 0 Å². The lowest BCUT2D eigenvalue weighted by atomic mass is 9.66. The van der Waals surface area contributed by atoms with Gasteiger partial charge in [-0.1, -0.05) is 36.8 Å². The predicted octanol–water partition coefficient (Wildman–Crippen LogP) is 4.13. The van der Waals surface area contributed by atoms with Crippen LogP contribution in [0.4, 0.5) is 0 Å². The van der Waals surface area contributed by atoms with Crippen LogP contribution in [0.2, 0.25) is 0 Å². The molecule has 102 valence electrons. The third-order valence-corrected chi connectivity index (χ3v) is 4.57. The molecule has 0 saturated carbocycles. The molecule has 0 spiro atoms. The van der Waals surface area contributed by atoms with Crippen molar-refractivity contribution in [1.82, 2.24) is 0 Å². The molecular weight excluding hydrogens is 234 g/mol. The van der Waals surface area contributed by atoms with Crippen molar-refractivity contribution >= 4 is 0 Å². The minimum Gasteiger partial charge on any atom is -0.375 e. The van der Waals surface area contributed by atoms with Crippen LogP contribution in [-0.4, -0.2) is 12.2 Å². The Kier molecular flexibility index (Phi) is 3.96. The molecule has 19 heavy (non-hydrogen) atoms. The zero-order valence-electron chi connectivity index (χ0n) is 12.2. The number of aryl methyl sites for hydroxylation is 1.